The van der Waals surface area contributed by atoms with E-state index in [4.69, 9.17) is 13.3 Å². The molecule has 2 atom stereocenters. The second-order valence-electron chi connectivity index (χ2n) is 8.16. The zero-order valence-electron chi connectivity index (χ0n) is 18.8. The maximum atomic E-state index is 6.15. The molecule has 0 spiro atoms. The third kappa shape index (κ3) is 8.97. The first-order chi connectivity index (χ1) is 12.1. The molecule has 0 bridgehead atoms. The average Bonchev–Trinajstić information content (AvgIpc) is 2.59. The highest BCUT2D eigenvalue weighted by atomic mass is 28.3. The minimum absolute atomic E-state index is 0.0716. The molecule has 2 unspecified atom stereocenters. The Hall–Kier alpha value is -1.16. The van der Waals surface area contributed by atoms with Crippen molar-refractivity contribution in [1.82, 2.24) is 0 Å². The van der Waals surface area contributed by atoms with Crippen molar-refractivity contribution in [3.8, 4) is 0 Å². The highest BCUT2D eigenvalue weighted by molar-refractivity contribution is 6.37. The lowest BCUT2D eigenvalue weighted by molar-refractivity contribution is 0.197. The molecule has 3 nitrogen and oxygen atoms in total. The van der Waals surface area contributed by atoms with Gasteiger partial charge in [0.1, 0.15) is 0 Å². The Morgan fingerprint density at radius 3 is 1.65 bits per heavy atom. The molecule has 4 heteroatoms. The van der Waals surface area contributed by atoms with Gasteiger partial charge < -0.3 is 13.3 Å². The summed E-state index contributed by atoms with van der Waals surface area (Å²) in [4.78, 5) is 0. The largest absolute Gasteiger partial charge is 0.682 e. The molecule has 0 heterocycles. The van der Waals surface area contributed by atoms with E-state index in [2.05, 4.69) is 74.5 Å². The number of rotatable bonds is 12. The van der Waals surface area contributed by atoms with Gasteiger partial charge >= 0.3 is 9.53 Å². The Labute approximate surface area is 164 Å². The summed E-state index contributed by atoms with van der Waals surface area (Å²) in [7, 11) is -2.32. The monoisotopic (exact) mass is 382 g/mol. The maximum Gasteiger partial charge on any atom is 0.682 e. The minimum Gasteiger partial charge on any atom is -0.493 e. The second-order valence-corrected chi connectivity index (χ2v) is 9.52. The molecule has 0 aliphatic rings. The maximum absolute atomic E-state index is 6.15. The summed E-state index contributed by atoms with van der Waals surface area (Å²) in [6, 6.07) is 0. The molecule has 0 N–H and O–H groups in total. The first-order valence-electron chi connectivity index (χ1n) is 10.0. The lowest BCUT2D eigenvalue weighted by Crippen LogP contribution is -2.26. The molecule has 0 fully saturated rings. The molecule has 0 saturated carbocycles. The lowest BCUT2D eigenvalue weighted by Gasteiger charge is -2.32. The zero-order valence-corrected chi connectivity index (χ0v) is 19.9. The van der Waals surface area contributed by atoms with Crippen LogP contribution in [0.5, 0.6) is 0 Å². The highest BCUT2D eigenvalue weighted by Gasteiger charge is 2.28. The van der Waals surface area contributed by atoms with E-state index in [1.807, 2.05) is 6.92 Å². The van der Waals surface area contributed by atoms with Gasteiger partial charge in [-0.1, -0.05) is 55.4 Å². The number of allylic oxidation sites excluding steroid dienone is 4. The zero-order chi connectivity index (χ0) is 20.3. The van der Waals surface area contributed by atoms with Crippen LogP contribution in [-0.2, 0) is 13.3 Å². The molecule has 0 aliphatic carbocycles. The van der Waals surface area contributed by atoms with Crippen molar-refractivity contribution in [2.75, 3.05) is 0 Å². The average molecular weight is 383 g/mol. The predicted molar refractivity (Wildman–Crippen MR) is 115 cm³/mol. The third-order valence-corrected chi connectivity index (χ3v) is 7.00. The van der Waals surface area contributed by atoms with Crippen LogP contribution in [0.2, 0.25) is 0 Å². The van der Waals surface area contributed by atoms with E-state index in [-0.39, 0.29) is 5.41 Å². The van der Waals surface area contributed by atoms with Gasteiger partial charge in [-0.2, -0.15) is 0 Å². The van der Waals surface area contributed by atoms with Crippen molar-refractivity contribution in [1.29, 1.82) is 0 Å². The fourth-order valence-electron chi connectivity index (χ4n) is 1.97. The predicted octanol–water partition coefficient (Wildman–Crippen LogP) is 6.85. The van der Waals surface area contributed by atoms with Crippen LogP contribution in [0.15, 0.2) is 36.0 Å². The summed E-state index contributed by atoms with van der Waals surface area (Å²) in [5, 5.41) is 0. The summed E-state index contributed by atoms with van der Waals surface area (Å²) in [5.74, 6) is 2.41. The Kier molecular flexibility index (Phi) is 11.7. The van der Waals surface area contributed by atoms with Gasteiger partial charge in [0.25, 0.3) is 0 Å². The molecule has 0 aliphatic heterocycles. The quantitative estimate of drug-likeness (QED) is 0.273. The molecule has 26 heavy (non-hydrogen) atoms. The molecule has 152 valence electrons. The molecular weight excluding hydrogens is 340 g/mol. The second kappa shape index (κ2) is 12.3. The summed E-state index contributed by atoms with van der Waals surface area (Å²) >= 11 is 0. The Morgan fingerprint density at radius 1 is 0.885 bits per heavy atom. The number of hydrogen-bond donors (Lipinski definition) is 0. The first-order valence-corrected chi connectivity index (χ1v) is 11.5. The lowest BCUT2D eigenvalue weighted by atomic mass is 9.75. The van der Waals surface area contributed by atoms with Crippen molar-refractivity contribution < 1.29 is 13.3 Å². The van der Waals surface area contributed by atoms with Gasteiger partial charge in [-0.25, -0.2) is 0 Å². The van der Waals surface area contributed by atoms with Crippen LogP contribution in [0.25, 0.3) is 0 Å². The smallest absolute Gasteiger partial charge is 0.493 e. The van der Waals surface area contributed by atoms with E-state index in [1.54, 1.807) is 12.5 Å². The summed E-state index contributed by atoms with van der Waals surface area (Å²) < 4.78 is 17.9. The van der Waals surface area contributed by atoms with Crippen LogP contribution in [-0.4, -0.2) is 9.53 Å². The van der Waals surface area contributed by atoms with E-state index in [0.717, 1.165) is 18.6 Å². The topological polar surface area (TPSA) is 27.7 Å². The first kappa shape index (κ1) is 24.8. The Morgan fingerprint density at radius 2 is 1.31 bits per heavy atom. The van der Waals surface area contributed by atoms with E-state index in [9.17, 15) is 0 Å². The molecule has 0 rings (SSSR count). The van der Waals surface area contributed by atoms with Gasteiger partial charge in [-0.05, 0) is 67.6 Å². The van der Waals surface area contributed by atoms with Crippen LogP contribution in [0, 0.1) is 23.2 Å². The molecular formula is C22H42O3Si. The van der Waals surface area contributed by atoms with Gasteiger partial charge in [-0.3, -0.25) is 0 Å². The van der Waals surface area contributed by atoms with Crippen molar-refractivity contribution in [3.05, 3.63) is 36.0 Å². The minimum atomic E-state index is -2.32. The van der Waals surface area contributed by atoms with E-state index in [0.29, 0.717) is 17.8 Å². The fourth-order valence-corrected chi connectivity index (χ4v) is 3.05. The van der Waals surface area contributed by atoms with Crippen LogP contribution in [0.4, 0.5) is 0 Å². The van der Waals surface area contributed by atoms with Crippen molar-refractivity contribution in [3.63, 3.8) is 0 Å². The highest BCUT2D eigenvalue weighted by Crippen LogP contribution is 2.36. The Bertz CT molecular complexity index is 456. The van der Waals surface area contributed by atoms with Crippen LogP contribution in [0.3, 0.4) is 0 Å². The van der Waals surface area contributed by atoms with Gasteiger partial charge in [0, 0.05) is 0 Å². The van der Waals surface area contributed by atoms with Crippen molar-refractivity contribution in [2.24, 2.45) is 23.2 Å². The van der Waals surface area contributed by atoms with Gasteiger partial charge in [-0.15, -0.1) is 0 Å². The van der Waals surface area contributed by atoms with Crippen LogP contribution >= 0.6 is 0 Å². The van der Waals surface area contributed by atoms with Gasteiger partial charge in [0.2, 0.25) is 0 Å². The number of hydrogen-bond acceptors (Lipinski definition) is 3. The molecule has 0 aromatic rings. The van der Waals surface area contributed by atoms with Gasteiger partial charge in [0.15, 0.2) is 0 Å². The fraction of sp³-hybridized carbons (Fsp3) is 0.727. The summed E-state index contributed by atoms with van der Waals surface area (Å²) in [6.45, 7) is 21.8. The SMILES string of the molecule is CCC(C)C=CO[SiH](OC=CC(C)CC)OC(C)=C(C)C(C)(C)C(C)C. The summed E-state index contributed by atoms with van der Waals surface area (Å²) in [6.07, 6.45) is 9.80. The molecule has 0 amide bonds. The van der Waals surface area contributed by atoms with E-state index < -0.39 is 9.53 Å². The molecule has 0 aromatic carbocycles. The molecule has 0 aromatic heterocycles. The van der Waals surface area contributed by atoms with Crippen molar-refractivity contribution in [2.45, 2.75) is 82.1 Å². The van der Waals surface area contributed by atoms with Crippen molar-refractivity contribution >= 4 is 9.53 Å². The normalized spacial score (nSPS) is 17.3. The standard InChI is InChI=1S/C22H42O3Si/c1-11-18(5)13-15-23-26(24-16-14-19(6)12-2)25-21(8)20(7)22(9,10)17(3)4/h13-19,26H,11-12H2,1-10H3. The van der Waals surface area contributed by atoms with E-state index in [1.165, 1.54) is 5.57 Å². The van der Waals surface area contributed by atoms with E-state index >= 15 is 0 Å². The third-order valence-electron chi connectivity index (χ3n) is 5.69. The molecule has 0 radical (unpaired) electrons. The van der Waals surface area contributed by atoms with Crippen LogP contribution in [0.1, 0.15) is 82.1 Å². The van der Waals surface area contributed by atoms with Gasteiger partial charge in [0.05, 0.1) is 18.3 Å². The molecule has 0 saturated heterocycles. The van der Waals surface area contributed by atoms with Crippen LogP contribution < -0.4 is 0 Å². The Balaban J connectivity index is 5.19. The summed E-state index contributed by atoms with van der Waals surface area (Å²) in [5.41, 5.74) is 1.32.